The first-order chi connectivity index (χ1) is 23.2. The van der Waals surface area contributed by atoms with E-state index in [1.807, 2.05) is 18.2 Å². The van der Waals surface area contributed by atoms with Gasteiger partial charge in [-0.3, -0.25) is 0 Å². The maximum absolute atomic E-state index is 13.5. The van der Waals surface area contributed by atoms with Crippen LogP contribution in [-0.4, -0.2) is 4.57 Å². The number of aromatic nitrogens is 1. The van der Waals surface area contributed by atoms with E-state index < -0.39 is 0 Å². The van der Waals surface area contributed by atoms with Crippen LogP contribution in [-0.2, 0) is 0 Å². The molecule has 220 valence electrons. The second-order valence-corrected chi connectivity index (χ2v) is 13.1. The molecule has 3 aromatic heterocycles. The Balaban J connectivity index is 1.11. The van der Waals surface area contributed by atoms with Gasteiger partial charge in [-0.25, -0.2) is 4.79 Å². The van der Waals surface area contributed by atoms with Crippen LogP contribution in [0.15, 0.2) is 161 Å². The quantitative estimate of drug-likeness (QED) is 0.146. The third-order valence-corrected chi connectivity index (χ3v) is 10.6. The van der Waals surface area contributed by atoms with Gasteiger partial charge >= 0.3 is 5.63 Å². The van der Waals surface area contributed by atoms with Crippen LogP contribution in [0.3, 0.4) is 0 Å². The average Bonchev–Trinajstić information content (AvgIpc) is 3.67. The van der Waals surface area contributed by atoms with Gasteiger partial charge in [0.1, 0.15) is 5.58 Å². The lowest BCUT2D eigenvalue weighted by molar-refractivity contribution is 0.570. The first-order valence-electron chi connectivity index (χ1n) is 15.7. The number of hydrogen-bond acceptors (Lipinski definition) is 3. The molecule has 0 radical (unpaired) electrons. The third kappa shape index (κ3) is 3.95. The maximum Gasteiger partial charge on any atom is 0.344 e. The molecule has 0 bridgehead atoms. The highest BCUT2D eigenvalue weighted by Gasteiger charge is 2.16. The fourth-order valence-electron chi connectivity index (χ4n) is 7.30. The Labute approximate surface area is 273 Å². The highest BCUT2D eigenvalue weighted by atomic mass is 32.1. The van der Waals surface area contributed by atoms with Gasteiger partial charge in [0.25, 0.3) is 0 Å². The molecule has 3 heterocycles. The smallest absolute Gasteiger partial charge is 0.344 e. The van der Waals surface area contributed by atoms with E-state index in [9.17, 15) is 4.79 Å². The molecular formula is C43H25NO2S. The molecule has 47 heavy (non-hydrogen) atoms. The van der Waals surface area contributed by atoms with Crippen LogP contribution in [0.4, 0.5) is 0 Å². The maximum atomic E-state index is 13.5. The van der Waals surface area contributed by atoms with Gasteiger partial charge in [-0.05, 0) is 88.3 Å². The minimum atomic E-state index is -0.324. The van der Waals surface area contributed by atoms with Crippen LogP contribution in [0.1, 0.15) is 0 Å². The van der Waals surface area contributed by atoms with Crippen LogP contribution >= 0.6 is 11.3 Å². The Morgan fingerprint density at radius 2 is 1.15 bits per heavy atom. The van der Waals surface area contributed by atoms with Crippen molar-refractivity contribution >= 4 is 75.1 Å². The molecular weight excluding hydrogens is 595 g/mol. The monoisotopic (exact) mass is 619 g/mol. The Hall–Kier alpha value is -5.97. The molecule has 4 heteroatoms. The van der Waals surface area contributed by atoms with Gasteiger partial charge in [0.2, 0.25) is 0 Å². The first-order valence-corrected chi connectivity index (χ1v) is 16.5. The molecule has 3 nitrogen and oxygen atoms in total. The number of rotatable bonds is 3. The number of nitrogens with zero attached hydrogens (tertiary/aromatic N) is 1. The highest BCUT2D eigenvalue weighted by molar-refractivity contribution is 7.25. The summed E-state index contributed by atoms with van der Waals surface area (Å²) in [4.78, 5) is 13.5. The molecule has 7 aromatic carbocycles. The molecule has 0 spiro atoms. The van der Waals surface area contributed by atoms with Crippen molar-refractivity contribution in [2.75, 3.05) is 0 Å². The Bertz CT molecular complexity index is 2930. The van der Waals surface area contributed by atoms with Crippen molar-refractivity contribution in [2.24, 2.45) is 0 Å². The predicted molar refractivity (Wildman–Crippen MR) is 198 cm³/mol. The molecule has 0 N–H and O–H groups in total. The summed E-state index contributed by atoms with van der Waals surface area (Å²) < 4.78 is 10.9. The first kappa shape index (κ1) is 26.3. The number of para-hydroxylation sites is 2. The molecule has 0 aliphatic carbocycles. The lowest BCUT2D eigenvalue weighted by Crippen LogP contribution is -2.00. The molecule has 0 saturated heterocycles. The minimum Gasteiger partial charge on any atom is -0.422 e. The number of benzene rings is 7. The molecule has 10 aromatic rings. The topological polar surface area (TPSA) is 35.1 Å². The van der Waals surface area contributed by atoms with E-state index in [2.05, 4.69) is 138 Å². The SMILES string of the molecule is O=c1oc2cc(-c3ccc4c(c3)c3ccccc3n4-c3ccccc3)ccc2c2ccc(-c3cccc4sc5ccccc5c34)cc12. The lowest BCUT2D eigenvalue weighted by atomic mass is 9.96. The van der Waals surface area contributed by atoms with Crippen molar-refractivity contribution in [2.45, 2.75) is 0 Å². The van der Waals surface area contributed by atoms with E-state index in [0.717, 1.165) is 44.2 Å². The molecule has 0 fully saturated rings. The van der Waals surface area contributed by atoms with Gasteiger partial charge in [-0.1, -0.05) is 91.0 Å². The van der Waals surface area contributed by atoms with Crippen molar-refractivity contribution in [1.29, 1.82) is 0 Å². The van der Waals surface area contributed by atoms with E-state index in [4.69, 9.17) is 4.42 Å². The van der Waals surface area contributed by atoms with Gasteiger partial charge < -0.3 is 8.98 Å². The molecule has 0 aliphatic heterocycles. The molecule has 0 aliphatic rings. The fraction of sp³-hybridized carbons (Fsp3) is 0. The second-order valence-electron chi connectivity index (χ2n) is 12.1. The molecule has 0 amide bonds. The summed E-state index contributed by atoms with van der Waals surface area (Å²) in [5.41, 5.74) is 7.94. The van der Waals surface area contributed by atoms with Crippen LogP contribution in [0.2, 0.25) is 0 Å². The van der Waals surface area contributed by atoms with E-state index in [1.165, 1.54) is 36.5 Å². The molecule has 0 unspecified atom stereocenters. The largest absolute Gasteiger partial charge is 0.422 e. The van der Waals surface area contributed by atoms with Crippen molar-refractivity contribution in [1.82, 2.24) is 4.57 Å². The molecule has 0 saturated carbocycles. The van der Waals surface area contributed by atoms with Crippen LogP contribution in [0.25, 0.3) is 91.7 Å². The zero-order valence-corrected chi connectivity index (χ0v) is 25.9. The zero-order valence-electron chi connectivity index (χ0n) is 25.1. The van der Waals surface area contributed by atoms with Gasteiger partial charge in [0.05, 0.1) is 16.4 Å². The summed E-state index contributed by atoms with van der Waals surface area (Å²) in [5, 5.41) is 7.27. The summed E-state index contributed by atoms with van der Waals surface area (Å²) in [6.45, 7) is 0. The van der Waals surface area contributed by atoms with Crippen LogP contribution in [0, 0.1) is 0 Å². The zero-order chi connectivity index (χ0) is 31.1. The predicted octanol–water partition coefficient (Wildman–Crippen LogP) is 11.7. The van der Waals surface area contributed by atoms with Crippen molar-refractivity contribution in [3.8, 4) is 27.9 Å². The molecule has 0 atom stereocenters. The van der Waals surface area contributed by atoms with Crippen molar-refractivity contribution in [3.05, 3.63) is 162 Å². The van der Waals surface area contributed by atoms with Gasteiger partial charge in [0.15, 0.2) is 0 Å². The van der Waals surface area contributed by atoms with Gasteiger partial charge in [-0.2, -0.15) is 0 Å². The standard InChI is InChI=1S/C43H25NO2S/c45-43-36-24-28(30-13-8-16-41-42(30)34-12-5-7-15-40(34)47-41)18-20-31(36)33-21-17-27(25-39(33)46-43)26-19-22-38-35(23-26)32-11-4-6-14-37(32)44(38)29-9-2-1-3-10-29/h1-25H. The summed E-state index contributed by atoms with van der Waals surface area (Å²) in [6.07, 6.45) is 0. The van der Waals surface area contributed by atoms with Crippen LogP contribution < -0.4 is 5.63 Å². The van der Waals surface area contributed by atoms with Crippen molar-refractivity contribution in [3.63, 3.8) is 0 Å². The number of hydrogen-bond donors (Lipinski definition) is 0. The lowest BCUT2D eigenvalue weighted by Gasteiger charge is -2.10. The number of fused-ring (bicyclic) bond motifs is 9. The van der Waals surface area contributed by atoms with Gasteiger partial charge in [-0.15, -0.1) is 11.3 Å². The van der Waals surface area contributed by atoms with Gasteiger partial charge in [0, 0.05) is 42.0 Å². The Morgan fingerprint density at radius 3 is 2.06 bits per heavy atom. The summed E-state index contributed by atoms with van der Waals surface area (Å²) >= 11 is 1.80. The second kappa shape index (κ2) is 10.0. The Morgan fingerprint density at radius 1 is 0.468 bits per heavy atom. The van der Waals surface area contributed by atoms with Crippen LogP contribution in [0.5, 0.6) is 0 Å². The fourth-order valence-corrected chi connectivity index (χ4v) is 8.43. The highest BCUT2D eigenvalue weighted by Crippen LogP contribution is 2.41. The summed E-state index contributed by atoms with van der Waals surface area (Å²) in [5.74, 6) is 0. The van der Waals surface area contributed by atoms with Crippen molar-refractivity contribution < 1.29 is 4.42 Å². The van der Waals surface area contributed by atoms with E-state index in [-0.39, 0.29) is 5.63 Å². The van der Waals surface area contributed by atoms with E-state index >= 15 is 0 Å². The third-order valence-electron chi connectivity index (χ3n) is 9.45. The molecule has 10 rings (SSSR count). The number of thiophene rings is 1. The van der Waals surface area contributed by atoms with E-state index in [1.54, 1.807) is 11.3 Å². The summed E-state index contributed by atoms with van der Waals surface area (Å²) in [7, 11) is 0. The summed E-state index contributed by atoms with van der Waals surface area (Å²) in [6, 6.07) is 52.9. The van der Waals surface area contributed by atoms with E-state index in [0.29, 0.717) is 11.0 Å². The normalized spacial score (nSPS) is 11.9. The minimum absolute atomic E-state index is 0.324. The Kier molecular flexibility index (Phi) is 5.60. The average molecular weight is 620 g/mol.